The van der Waals surface area contributed by atoms with Crippen LogP contribution in [0.15, 0.2) is 39.5 Å². The Bertz CT molecular complexity index is 484. The lowest BCUT2D eigenvalue weighted by Gasteiger charge is -2.12. The molecule has 0 amide bonds. The molecule has 2 aromatic rings. The summed E-state index contributed by atoms with van der Waals surface area (Å²) < 4.78 is 14.4. The Kier molecular flexibility index (Phi) is 4.31. The van der Waals surface area contributed by atoms with Gasteiger partial charge in [-0.15, -0.1) is 0 Å². The maximum Gasteiger partial charge on any atom is 0.129 e. The van der Waals surface area contributed by atoms with Gasteiger partial charge in [0.2, 0.25) is 0 Å². The highest BCUT2D eigenvalue weighted by atomic mass is 79.9. The summed E-state index contributed by atoms with van der Waals surface area (Å²) in [4.78, 5) is 0. The van der Waals surface area contributed by atoms with Crippen molar-refractivity contribution in [3.05, 3.63) is 56.4 Å². The summed E-state index contributed by atoms with van der Waals surface area (Å²) in [6.07, 6.45) is 1.65. The molecule has 0 aliphatic heterocycles. The van der Waals surface area contributed by atoms with E-state index in [-0.39, 0.29) is 11.9 Å². The Morgan fingerprint density at radius 2 is 2.18 bits per heavy atom. The first-order chi connectivity index (χ1) is 8.16. The van der Waals surface area contributed by atoms with Crippen LogP contribution in [0.4, 0.5) is 4.39 Å². The molecule has 0 aliphatic carbocycles. The number of hydrogen-bond donors (Lipinski definition) is 1. The van der Waals surface area contributed by atoms with Gasteiger partial charge in [-0.1, -0.05) is 22.0 Å². The van der Waals surface area contributed by atoms with E-state index in [1.807, 2.05) is 11.4 Å². The van der Waals surface area contributed by atoms with Gasteiger partial charge in [0.05, 0.1) is 0 Å². The number of halogens is 2. The van der Waals surface area contributed by atoms with Gasteiger partial charge >= 0.3 is 0 Å². The molecule has 1 heterocycles. The molecule has 17 heavy (non-hydrogen) atoms. The molecule has 0 saturated carbocycles. The molecule has 2 N–H and O–H groups in total. The Hall–Kier alpha value is -0.710. The normalized spacial score (nSPS) is 12.6. The van der Waals surface area contributed by atoms with E-state index in [0.29, 0.717) is 5.56 Å². The van der Waals surface area contributed by atoms with E-state index >= 15 is 0 Å². The van der Waals surface area contributed by atoms with Crippen molar-refractivity contribution in [3.8, 4) is 0 Å². The minimum Gasteiger partial charge on any atom is -0.324 e. The summed E-state index contributed by atoms with van der Waals surface area (Å²) in [5.41, 5.74) is 7.86. The van der Waals surface area contributed by atoms with E-state index in [0.717, 1.165) is 17.3 Å². The Morgan fingerprint density at radius 3 is 2.82 bits per heavy atom. The molecule has 2 rings (SSSR count). The van der Waals surface area contributed by atoms with Crippen molar-refractivity contribution in [1.29, 1.82) is 0 Å². The van der Waals surface area contributed by atoms with Crippen molar-refractivity contribution in [2.45, 2.75) is 18.9 Å². The molecule has 0 saturated heterocycles. The summed E-state index contributed by atoms with van der Waals surface area (Å²) in [6, 6.07) is 6.86. The highest BCUT2D eigenvalue weighted by Gasteiger charge is 2.11. The summed E-state index contributed by atoms with van der Waals surface area (Å²) in [7, 11) is 0. The van der Waals surface area contributed by atoms with Gasteiger partial charge in [-0.05, 0) is 47.4 Å². The lowest BCUT2D eigenvalue weighted by Crippen LogP contribution is -2.13. The van der Waals surface area contributed by atoms with Crippen LogP contribution in [0.2, 0.25) is 0 Å². The van der Waals surface area contributed by atoms with Crippen LogP contribution in [0.1, 0.15) is 23.6 Å². The van der Waals surface area contributed by atoms with Crippen molar-refractivity contribution in [2.75, 3.05) is 0 Å². The van der Waals surface area contributed by atoms with Gasteiger partial charge in [0.25, 0.3) is 0 Å². The summed E-state index contributed by atoms with van der Waals surface area (Å²) >= 11 is 4.91. The second-order valence-electron chi connectivity index (χ2n) is 3.94. The first-order valence-corrected chi connectivity index (χ1v) is 7.12. The summed E-state index contributed by atoms with van der Waals surface area (Å²) in [5, 5.41) is 4.14. The largest absolute Gasteiger partial charge is 0.324 e. The predicted molar refractivity (Wildman–Crippen MR) is 73.7 cm³/mol. The van der Waals surface area contributed by atoms with Gasteiger partial charge in [0.1, 0.15) is 5.82 Å². The molecule has 0 aliphatic rings. The fourth-order valence-corrected chi connectivity index (χ4v) is 2.75. The predicted octanol–water partition coefficient (Wildman–Crippen LogP) is 4.28. The zero-order valence-electron chi connectivity index (χ0n) is 9.20. The number of hydrogen-bond acceptors (Lipinski definition) is 2. The third-order valence-corrected chi connectivity index (χ3v) is 3.91. The van der Waals surface area contributed by atoms with Crippen molar-refractivity contribution in [3.63, 3.8) is 0 Å². The van der Waals surface area contributed by atoms with Gasteiger partial charge in [0.15, 0.2) is 0 Å². The summed E-state index contributed by atoms with van der Waals surface area (Å²) in [6.45, 7) is 0. The molecule has 0 spiro atoms. The average molecular weight is 314 g/mol. The maximum atomic E-state index is 13.7. The van der Waals surface area contributed by atoms with Crippen molar-refractivity contribution in [1.82, 2.24) is 0 Å². The van der Waals surface area contributed by atoms with Crippen LogP contribution in [-0.2, 0) is 6.42 Å². The quantitative estimate of drug-likeness (QED) is 0.895. The minimum absolute atomic E-state index is 0.239. The molecule has 1 nitrogen and oxygen atoms in total. The van der Waals surface area contributed by atoms with Crippen molar-refractivity contribution >= 4 is 27.3 Å². The van der Waals surface area contributed by atoms with E-state index in [2.05, 4.69) is 27.4 Å². The number of nitrogens with two attached hydrogens (primary N) is 1. The lowest BCUT2D eigenvalue weighted by atomic mass is 10.0. The smallest absolute Gasteiger partial charge is 0.129 e. The Morgan fingerprint density at radius 1 is 1.35 bits per heavy atom. The van der Waals surface area contributed by atoms with Gasteiger partial charge in [-0.25, -0.2) is 4.39 Å². The van der Waals surface area contributed by atoms with Crippen LogP contribution in [0, 0.1) is 5.82 Å². The number of benzene rings is 1. The highest BCUT2D eigenvalue weighted by molar-refractivity contribution is 9.10. The molecule has 1 aromatic heterocycles. The van der Waals surface area contributed by atoms with Crippen molar-refractivity contribution < 1.29 is 4.39 Å². The van der Waals surface area contributed by atoms with Crippen LogP contribution in [0.5, 0.6) is 0 Å². The van der Waals surface area contributed by atoms with Crippen LogP contribution in [-0.4, -0.2) is 0 Å². The molecule has 1 aromatic carbocycles. The maximum absolute atomic E-state index is 13.7. The van der Waals surface area contributed by atoms with Gasteiger partial charge in [-0.2, -0.15) is 11.3 Å². The first-order valence-electron chi connectivity index (χ1n) is 5.38. The molecule has 0 fully saturated rings. The number of thiophene rings is 1. The molecule has 90 valence electrons. The van der Waals surface area contributed by atoms with E-state index in [4.69, 9.17) is 5.73 Å². The molecular formula is C13H13BrFNS. The van der Waals surface area contributed by atoms with E-state index in [1.165, 1.54) is 11.6 Å². The topological polar surface area (TPSA) is 26.0 Å². The van der Waals surface area contributed by atoms with Crippen molar-refractivity contribution in [2.24, 2.45) is 5.73 Å². The fraction of sp³-hybridized carbons (Fsp3) is 0.231. The first kappa shape index (κ1) is 12.7. The van der Waals surface area contributed by atoms with Gasteiger partial charge in [-0.3, -0.25) is 0 Å². The Labute approximate surface area is 113 Å². The second-order valence-corrected chi connectivity index (χ2v) is 5.64. The number of rotatable bonds is 4. The second kappa shape index (κ2) is 5.76. The monoisotopic (exact) mass is 313 g/mol. The van der Waals surface area contributed by atoms with Crippen LogP contribution in [0.25, 0.3) is 0 Å². The minimum atomic E-state index is -0.247. The molecule has 1 unspecified atom stereocenters. The standard InChI is InChI=1S/C13H13BrFNS/c14-10-2-3-11(12(15)7-10)13(16)4-1-9-5-6-17-8-9/h2-3,5-8,13H,1,4,16H2. The Balaban J connectivity index is 2.01. The number of aryl methyl sites for hydroxylation is 1. The summed E-state index contributed by atoms with van der Waals surface area (Å²) in [5.74, 6) is -0.239. The third-order valence-electron chi connectivity index (χ3n) is 2.69. The zero-order valence-corrected chi connectivity index (χ0v) is 11.6. The van der Waals surface area contributed by atoms with Gasteiger partial charge in [0, 0.05) is 16.1 Å². The highest BCUT2D eigenvalue weighted by Crippen LogP contribution is 2.23. The van der Waals surface area contributed by atoms with E-state index in [1.54, 1.807) is 17.4 Å². The van der Waals surface area contributed by atoms with Crippen LogP contribution >= 0.6 is 27.3 Å². The van der Waals surface area contributed by atoms with E-state index < -0.39 is 0 Å². The molecule has 1 atom stereocenters. The SMILES string of the molecule is NC(CCc1ccsc1)c1ccc(Br)cc1F. The van der Waals surface area contributed by atoms with Crippen LogP contribution < -0.4 is 5.73 Å². The molecule has 0 bridgehead atoms. The van der Waals surface area contributed by atoms with Gasteiger partial charge < -0.3 is 5.73 Å². The lowest BCUT2D eigenvalue weighted by molar-refractivity contribution is 0.563. The fourth-order valence-electron chi connectivity index (χ4n) is 1.71. The average Bonchev–Trinajstić information content (AvgIpc) is 2.78. The molecule has 4 heteroatoms. The van der Waals surface area contributed by atoms with Crippen LogP contribution in [0.3, 0.4) is 0 Å². The zero-order chi connectivity index (χ0) is 12.3. The third kappa shape index (κ3) is 3.37. The van der Waals surface area contributed by atoms with E-state index in [9.17, 15) is 4.39 Å². The molecular weight excluding hydrogens is 301 g/mol. The molecule has 0 radical (unpaired) electrons.